The zero-order valence-corrected chi connectivity index (χ0v) is 20.6. The standard InChI is InChI=1S/C27H29F3N2O5/c1-36-24(35)25(16-18-10-5-3-6-11-18)17-21-20(14-9-15-32(21)23(25)34)31-22(33)26(37-2,27(28,29)30)19-12-7-4-8-13-19/h3-8,10-13,20-21H,9,14-17H2,1-2H3,(H,31,33)/t20-,21+,25+,26+/m1/s1. The lowest BCUT2D eigenvalue weighted by Crippen LogP contribution is -2.61. The van der Waals surface area contributed by atoms with Gasteiger partial charge in [-0.25, -0.2) is 0 Å². The summed E-state index contributed by atoms with van der Waals surface area (Å²) in [7, 11) is 2.05. The lowest BCUT2D eigenvalue weighted by Gasteiger charge is -2.40. The van der Waals surface area contributed by atoms with Crippen LogP contribution in [0.5, 0.6) is 0 Å². The quantitative estimate of drug-likeness (QED) is 0.449. The number of ether oxygens (including phenoxy) is 2. The van der Waals surface area contributed by atoms with Crippen LogP contribution >= 0.6 is 0 Å². The van der Waals surface area contributed by atoms with Gasteiger partial charge in [-0.05, 0) is 31.2 Å². The highest BCUT2D eigenvalue weighted by molar-refractivity contribution is 6.05. The average molecular weight is 519 g/mol. The van der Waals surface area contributed by atoms with E-state index in [9.17, 15) is 27.6 Å². The van der Waals surface area contributed by atoms with Crippen molar-refractivity contribution >= 4 is 17.8 Å². The third-order valence-corrected chi connectivity index (χ3v) is 7.45. The van der Waals surface area contributed by atoms with Crippen molar-refractivity contribution in [1.82, 2.24) is 10.2 Å². The normalized spacial score (nSPS) is 25.2. The molecule has 0 saturated carbocycles. The van der Waals surface area contributed by atoms with Gasteiger partial charge in [0.1, 0.15) is 0 Å². The largest absolute Gasteiger partial charge is 0.468 e. The summed E-state index contributed by atoms with van der Waals surface area (Å²) in [4.78, 5) is 41.5. The summed E-state index contributed by atoms with van der Waals surface area (Å²) in [5.74, 6) is -2.51. The summed E-state index contributed by atoms with van der Waals surface area (Å²) in [5, 5.41) is 2.54. The lowest BCUT2D eigenvalue weighted by atomic mass is 9.77. The molecule has 2 fully saturated rings. The molecule has 7 nitrogen and oxygen atoms in total. The number of rotatable bonds is 7. The van der Waals surface area contributed by atoms with Crippen molar-refractivity contribution in [3.63, 3.8) is 0 Å². The molecule has 0 radical (unpaired) electrons. The van der Waals surface area contributed by atoms with Crippen LogP contribution in [0.1, 0.15) is 30.4 Å². The fourth-order valence-electron chi connectivity index (χ4n) is 5.67. The van der Waals surface area contributed by atoms with Crippen molar-refractivity contribution < 1.29 is 37.0 Å². The van der Waals surface area contributed by atoms with E-state index < -0.39 is 47.1 Å². The molecule has 0 bridgehead atoms. The molecule has 2 aromatic carbocycles. The van der Waals surface area contributed by atoms with Gasteiger partial charge >= 0.3 is 12.1 Å². The molecule has 2 heterocycles. The lowest BCUT2D eigenvalue weighted by molar-refractivity contribution is -0.266. The van der Waals surface area contributed by atoms with Crippen LogP contribution in [0.2, 0.25) is 0 Å². The van der Waals surface area contributed by atoms with Crippen LogP contribution in [0.3, 0.4) is 0 Å². The highest BCUT2D eigenvalue weighted by Gasteiger charge is 2.64. The molecule has 2 aliphatic rings. The average Bonchev–Trinajstić information content (AvgIpc) is 3.18. The van der Waals surface area contributed by atoms with Crippen LogP contribution in [-0.4, -0.2) is 61.7 Å². The maximum atomic E-state index is 14.4. The van der Waals surface area contributed by atoms with Crippen molar-refractivity contribution in [1.29, 1.82) is 0 Å². The molecule has 1 N–H and O–H groups in total. The fourth-order valence-corrected chi connectivity index (χ4v) is 5.67. The molecule has 0 aromatic heterocycles. The minimum absolute atomic E-state index is 0.00961. The summed E-state index contributed by atoms with van der Waals surface area (Å²) >= 11 is 0. The third kappa shape index (κ3) is 4.47. The number of benzene rings is 2. The van der Waals surface area contributed by atoms with E-state index in [2.05, 4.69) is 5.32 Å². The summed E-state index contributed by atoms with van der Waals surface area (Å²) < 4.78 is 53.1. The Hall–Kier alpha value is -3.40. The highest BCUT2D eigenvalue weighted by Crippen LogP contribution is 2.45. The van der Waals surface area contributed by atoms with Gasteiger partial charge in [0.05, 0.1) is 13.2 Å². The molecule has 2 saturated heterocycles. The number of carbonyl (C=O) groups excluding carboxylic acids is 3. The third-order valence-electron chi connectivity index (χ3n) is 7.45. The first-order valence-electron chi connectivity index (χ1n) is 12.0. The van der Waals surface area contributed by atoms with E-state index in [-0.39, 0.29) is 18.4 Å². The van der Waals surface area contributed by atoms with E-state index in [4.69, 9.17) is 9.47 Å². The second-order valence-corrected chi connectivity index (χ2v) is 9.48. The number of hydrogen-bond acceptors (Lipinski definition) is 5. The monoisotopic (exact) mass is 518 g/mol. The Labute approximate surface area is 212 Å². The SMILES string of the molecule is COC(=O)[C@@]1(Cc2ccccc2)C[C@H]2[C@H](NC(=O)[C@@](OC)(c3ccccc3)C(F)(F)F)CCCN2C1=O. The van der Waals surface area contributed by atoms with Gasteiger partial charge in [0.25, 0.3) is 11.5 Å². The highest BCUT2D eigenvalue weighted by atomic mass is 19.4. The summed E-state index contributed by atoms with van der Waals surface area (Å²) in [6.45, 7) is 0.330. The van der Waals surface area contributed by atoms with Gasteiger partial charge in [0, 0.05) is 25.3 Å². The topological polar surface area (TPSA) is 84.9 Å². The van der Waals surface area contributed by atoms with Crippen LogP contribution in [-0.2, 0) is 35.9 Å². The first-order chi connectivity index (χ1) is 17.6. The molecule has 2 aliphatic heterocycles. The molecular formula is C27H29F3N2O5. The number of nitrogens with zero attached hydrogens (tertiary/aromatic N) is 1. The number of esters is 1. The van der Waals surface area contributed by atoms with Crippen molar-refractivity contribution in [2.75, 3.05) is 20.8 Å². The summed E-state index contributed by atoms with van der Waals surface area (Å²) in [6, 6.07) is 14.2. The van der Waals surface area contributed by atoms with Gasteiger partial charge in [0.15, 0.2) is 5.41 Å². The van der Waals surface area contributed by atoms with Crippen molar-refractivity contribution in [2.45, 2.75) is 49.5 Å². The maximum Gasteiger partial charge on any atom is 0.430 e. The number of hydrogen-bond donors (Lipinski definition) is 1. The van der Waals surface area contributed by atoms with Crippen LogP contribution < -0.4 is 5.32 Å². The minimum atomic E-state index is -5.06. The van der Waals surface area contributed by atoms with E-state index in [0.29, 0.717) is 19.4 Å². The van der Waals surface area contributed by atoms with Crippen LogP contribution in [0.25, 0.3) is 0 Å². The predicted octanol–water partition coefficient (Wildman–Crippen LogP) is 3.37. The Morgan fingerprint density at radius 1 is 1.05 bits per heavy atom. The molecule has 198 valence electrons. The molecule has 4 rings (SSSR count). The molecular weight excluding hydrogens is 489 g/mol. The first kappa shape index (κ1) is 26.7. The van der Waals surface area contributed by atoms with E-state index in [1.165, 1.54) is 36.3 Å². The fraction of sp³-hybridized carbons (Fsp3) is 0.444. The van der Waals surface area contributed by atoms with Gasteiger partial charge in [-0.1, -0.05) is 60.7 Å². The smallest absolute Gasteiger partial charge is 0.430 e. The maximum absolute atomic E-state index is 14.4. The molecule has 0 unspecified atom stereocenters. The number of piperidine rings is 1. The Morgan fingerprint density at radius 3 is 2.24 bits per heavy atom. The molecule has 4 atom stereocenters. The van der Waals surface area contributed by atoms with Gasteiger partial charge in [0.2, 0.25) is 5.91 Å². The summed E-state index contributed by atoms with van der Waals surface area (Å²) in [5.41, 5.74) is -4.37. The van der Waals surface area contributed by atoms with E-state index in [0.717, 1.165) is 12.7 Å². The van der Waals surface area contributed by atoms with Crippen molar-refractivity contribution in [3.05, 3.63) is 71.8 Å². The van der Waals surface area contributed by atoms with Gasteiger partial charge < -0.3 is 19.7 Å². The number of nitrogens with one attached hydrogen (secondary N) is 1. The Morgan fingerprint density at radius 2 is 1.68 bits per heavy atom. The van der Waals surface area contributed by atoms with Crippen LogP contribution in [0, 0.1) is 5.41 Å². The van der Waals surface area contributed by atoms with Crippen molar-refractivity contribution in [3.8, 4) is 0 Å². The molecule has 2 aromatic rings. The molecule has 37 heavy (non-hydrogen) atoms. The van der Waals surface area contributed by atoms with Crippen LogP contribution in [0.15, 0.2) is 60.7 Å². The zero-order chi connectivity index (χ0) is 26.8. The van der Waals surface area contributed by atoms with Gasteiger partial charge in [-0.3, -0.25) is 14.4 Å². The van der Waals surface area contributed by atoms with Crippen LogP contribution in [0.4, 0.5) is 13.2 Å². The Kier molecular flexibility index (Phi) is 7.32. The number of alkyl halides is 3. The number of amides is 2. The minimum Gasteiger partial charge on any atom is -0.468 e. The Bertz CT molecular complexity index is 1140. The summed E-state index contributed by atoms with van der Waals surface area (Å²) in [6.07, 6.45) is -4.17. The first-order valence-corrected chi connectivity index (χ1v) is 12.0. The predicted molar refractivity (Wildman–Crippen MR) is 127 cm³/mol. The van der Waals surface area contributed by atoms with E-state index in [1.54, 1.807) is 30.3 Å². The van der Waals surface area contributed by atoms with Gasteiger partial charge in [-0.15, -0.1) is 0 Å². The molecule has 0 spiro atoms. The zero-order valence-electron chi connectivity index (χ0n) is 20.6. The Balaban J connectivity index is 1.67. The molecule has 2 amide bonds. The number of carbonyl (C=O) groups is 3. The van der Waals surface area contributed by atoms with Crippen molar-refractivity contribution in [2.24, 2.45) is 5.41 Å². The second-order valence-electron chi connectivity index (χ2n) is 9.48. The van der Waals surface area contributed by atoms with E-state index >= 15 is 0 Å². The molecule has 0 aliphatic carbocycles. The van der Waals surface area contributed by atoms with E-state index in [1.807, 2.05) is 6.07 Å². The molecule has 10 heteroatoms. The number of fused-ring (bicyclic) bond motifs is 1. The number of halogens is 3. The van der Waals surface area contributed by atoms with Gasteiger partial charge in [-0.2, -0.15) is 13.2 Å². The number of methoxy groups -OCH3 is 2. The second kappa shape index (κ2) is 10.2.